The Morgan fingerprint density at radius 2 is 2.06 bits per heavy atom. The second-order valence-electron chi connectivity index (χ2n) is 3.45. The number of hydrogen-bond acceptors (Lipinski definition) is 4. The Morgan fingerprint density at radius 1 is 1.31 bits per heavy atom. The number of carbonyl (C=O) groups is 1. The second-order valence-corrected chi connectivity index (χ2v) is 3.45. The van der Waals surface area contributed by atoms with E-state index in [0.29, 0.717) is 11.1 Å². The van der Waals surface area contributed by atoms with Crippen LogP contribution in [0.2, 0.25) is 0 Å². The van der Waals surface area contributed by atoms with Crippen LogP contribution < -0.4 is 5.63 Å². The van der Waals surface area contributed by atoms with Gasteiger partial charge in [0.05, 0.1) is 12.7 Å². The average Bonchev–Trinajstić information content (AvgIpc) is 2.27. The molecule has 0 saturated heterocycles. The van der Waals surface area contributed by atoms with E-state index in [1.54, 1.807) is 12.1 Å². The third-order valence-corrected chi connectivity index (χ3v) is 2.37. The third-order valence-electron chi connectivity index (χ3n) is 2.37. The Hall–Kier alpha value is -2.10. The summed E-state index contributed by atoms with van der Waals surface area (Å²) in [6, 6.07) is 6.30. The molecule has 0 amide bonds. The number of rotatable bonds is 1. The van der Waals surface area contributed by atoms with Gasteiger partial charge in [-0.15, -0.1) is 0 Å². The lowest BCUT2D eigenvalue weighted by molar-refractivity contribution is 0.0600. The van der Waals surface area contributed by atoms with Crippen molar-refractivity contribution in [2.45, 2.75) is 6.92 Å². The number of carbonyl (C=O) groups excluding carboxylic acids is 1. The van der Waals surface area contributed by atoms with Gasteiger partial charge in [-0.3, -0.25) is 0 Å². The molecule has 0 aliphatic rings. The molecular weight excluding hydrogens is 208 g/mol. The van der Waals surface area contributed by atoms with Crippen molar-refractivity contribution >= 4 is 16.9 Å². The molecule has 4 heteroatoms. The molecule has 0 spiro atoms. The van der Waals surface area contributed by atoms with Crippen LogP contribution in [0.25, 0.3) is 11.0 Å². The Kier molecular flexibility index (Phi) is 2.48. The van der Waals surface area contributed by atoms with Crippen LogP contribution in [0, 0.1) is 6.92 Å². The number of hydrogen-bond donors (Lipinski definition) is 0. The maximum absolute atomic E-state index is 11.3. The van der Waals surface area contributed by atoms with Crippen molar-refractivity contribution in [1.82, 2.24) is 0 Å². The van der Waals surface area contributed by atoms with Crippen LogP contribution in [0.1, 0.15) is 15.9 Å². The van der Waals surface area contributed by atoms with Crippen molar-refractivity contribution in [3.8, 4) is 0 Å². The SMILES string of the molecule is COC(=O)c1ccc2c(C)cc(=O)oc2c1. The van der Waals surface area contributed by atoms with E-state index in [1.807, 2.05) is 6.92 Å². The van der Waals surface area contributed by atoms with E-state index in [-0.39, 0.29) is 0 Å². The van der Waals surface area contributed by atoms with E-state index < -0.39 is 11.6 Å². The second kappa shape index (κ2) is 3.81. The molecule has 2 aromatic rings. The van der Waals surface area contributed by atoms with Crippen molar-refractivity contribution in [1.29, 1.82) is 0 Å². The third kappa shape index (κ3) is 1.69. The highest BCUT2D eigenvalue weighted by molar-refractivity contribution is 5.94. The Morgan fingerprint density at radius 3 is 2.75 bits per heavy atom. The summed E-state index contributed by atoms with van der Waals surface area (Å²) in [5.41, 5.74) is 1.16. The molecule has 1 aromatic heterocycles. The van der Waals surface area contributed by atoms with E-state index in [9.17, 15) is 9.59 Å². The number of benzene rings is 1. The quantitative estimate of drug-likeness (QED) is 0.541. The Bertz CT molecular complexity index is 610. The van der Waals surface area contributed by atoms with Gasteiger partial charge in [-0.05, 0) is 24.6 Å². The molecule has 4 nitrogen and oxygen atoms in total. The number of esters is 1. The fourth-order valence-corrected chi connectivity index (χ4v) is 1.57. The first-order valence-corrected chi connectivity index (χ1v) is 4.74. The molecule has 0 atom stereocenters. The van der Waals surface area contributed by atoms with Crippen LogP contribution in [0.5, 0.6) is 0 Å². The number of aryl methyl sites for hydroxylation is 1. The maximum atomic E-state index is 11.3. The smallest absolute Gasteiger partial charge is 0.337 e. The summed E-state index contributed by atoms with van der Waals surface area (Å²) in [4.78, 5) is 22.5. The first-order chi connectivity index (χ1) is 7.61. The molecule has 0 radical (unpaired) electrons. The summed E-state index contributed by atoms with van der Waals surface area (Å²) in [5, 5.41) is 0.812. The first-order valence-electron chi connectivity index (χ1n) is 4.74. The van der Waals surface area contributed by atoms with Crippen LogP contribution in [-0.4, -0.2) is 13.1 Å². The van der Waals surface area contributed by atoms with Crippen LogP contribution in [0.4, 0.5) is 0 Å². The molecule has 0 bridgehead atoms. The van der Waals surface area contributed by atoms with Gasteiger partial charge in [-0.25, -0.2) is 9.59 Å². The van der Waals surface area contributed by atoms with Gasteiger partial charge in [0.25, 0.3) is 0 Å². The molecule has 0 saturated carbocycles. The zero-order valence-corrected chi connectivity index (χ0v) is 8.94. The monoisotopic (exact) mass is 218 g/mol. The summed E-state index contributed by atoms with van der Waals surface area (Å²) >= 11 is 0. The van der Waals surface area contributed by atoms with Crippen LogP contribution >= 0.6 is 0 Å². The Balaban J connectivity index is 2.71. The minimum Gasteiger partial charge on any atom is -0.465 e. The van der Waals surface area contributed by atoms with Crippen molar-refractivity contribution in [2.24, 2.45) is 0 Å². The predicted molar refractivity (Wildman–Crippen MR) is 58.6 cm³/mol. The average molecular weight is 218 g/mol. The summed E-state index contributed by atoms with van der Waals surface area (Å²) in [5.74, 6) is -0.453. The van der Waals surface area contributed by atoms with Gasteiger partial charge >= 0.3 is 11.6 Å². The highest BCUT2D eigenvalue weighted by Gasteiger charge is 2.08. The first kappa shape index (κ1) is 10.4. The van der Waals surface area contributed by atoms with Gasteiger partial charge in [0.1, 0.15) is 5.58 Å². The molecule has 0 unspecified atom stereocenters. The summed E-state index contributed by atoms with van der Waals surface area (Å²) in [6.45, 7) is 1.82. The molecule has 0 aliphatic carbocycles. The molecule has 1 heterocycles. The van der Waals surface area contributed by atoms with Gasteiger partial charge in [-0.2, -0.15) is 0 Å². The van der Waals surface area contributed by atoms with Crippen LogP contribution in [-0.2, 0) is 4.74 Å². The summed E-state index contributed by atoms with van der Waals surface area (Å²) in [7, 11) is 1.30. The van der Waals surface area contributed by atoms with Crippen LogP contribution in [0.3, 0.4) is 0 Å². The van der Waals surface area contributed by atoms with Gasteiger partial charge in [0.15, 0.2) is 0 Å². The van der Waals surface area contributed by atoms with Crippen LogP contribution in [0.15, 0.2) is 33.5 Å². The van der Waals surface area contributed by atoms with Crippen molar-refractivity contribution in [3.63, 3.8) is 0 Å². The van der Waals surface area contributed by atoms with Gasteiger partial charge in [0.2, 0.25) is 0 Å². The van der Waals surface area contributed by atoms with Crippen molar-refractivity contribution < 1.29 is 13.9 Å². The molecule has 0 N–H and O–H groups in total. The zero-order chi connectivity index (χ0) is 11.7. The van der Waals surface area contributed by atoms with Crippen molar-refractivity contribution in [2.75, 3.05) is 7.11 Å². The fraction of sp³-hybridized carbons (Fsp3) is 0.167. The molecule has 0 fully saturated rings. The minimum atomic E-state index is -0.453. The zero-order valence-electron chi connectivity index (χ0n) is 8.94. The van der Waals surface area contributed by atoms with E-state index in [2.05, 4.69) is 4.74 Å². The van der Waals surface area contributed by atoms with Gasteiger partial charge in [-0.1, -0.05) is 6.07 Å². The standard InChI is InChI=1S/C12H10O4/c1-7-5-11(13)16-10-6-8(12(14)15-2)3-4-9(7)10/h3-6H,1-2H3. The maximum Gasteiger partial charge on any atom is 0.337 e. The molecule has 0 aliphatic heterocycles. The number of ether oxygens (including phenoxy) is 1. The molecule has 2 rings (SSSR count). The lowest BCUT2D eigenvalue weighted by Crippen LogP contribution is -2.02. The minimum absolute atomic E-state index is 0.365. The predicted octanol–water partition coefficient (Wildman–Crippen LogP) is 1.89. The van der Waals surface area contributed by atoms with E-state index >= 15 is 0 Å². The molecule has 82 valence electrons. The Labute approximate surface area is 91.4 Å². The lowest BCUT2D eigenvalue weighted by Gasteiger charge is -2.02. The summed E-state index contributed by atoms with van der Waals surface area (Å²) < 4.78 is 9.60. The number of methoxy groups -OCH3 is 1. The van der Waals surface area contributed by atoms with Crippen molar-refractivity contribution in [3.05, 3.63) is 45.8 Å². The number of fused-ring (bicyclic) bond motifs is 1. The van der Waals surface area contributed by atoms with E-state index in [4.69, 9.17) is 4.42 Å². The highest BCUT2D eigenvalue weighted by atomic mass is 16.5. The highest BCUT2D eigenvalue weighted by Crippen LogP contribution is 2.18. The topological polar surface area (TPSA) is 56.5 Å². The largest absolute Gasteiger partial charge is 0.465 e. The molecular formula is C12H10O4. The molecule has 16 heavy (non-hydrogen) atoms. The van der Waals surface area contributed by atoms with E-state index in [0.717, 1.165) is 10.9 Å². The van der Waals surface area contributed by atoms with Gasteiger partial charge < -0.3 is 9.15 Å². The van der Waals surface area contributed by atoms with Gasteiger partial charge in [0, 0.05) is 11.5 Å². The normalized spacial score (nSPS) is 10.4. The lowest BCUT2D eigenvalue weighted by atomic mass is 10.1. The summed E-state index contributed by atoms with van der Waals surface area (Å²) in [6.07, 6.45) is 0. The molecule has 1 aromatic carbocycles. The fourth-order valence-electron chi connectivity index (χ4n) is 1.57. The van der Waals surface area contributed by atoms with E-state index in [1.165, 1.54) is 19.2 Å².